The van der Waals surface area contributed by atoms with Gasteiger partial charge in [0.1, 0.15) is 25.4 Å². The summed E-state index contributed by atoms with van der Waals surface area (Å²) in [5.41, 5.74) is 0. The van der Waals surface area contributed by atoms with Crippen molar-refractivity contribution in [3.8, 4) is 0 Å². The third kappa shape index (κ3) is 109. The van der Waals surface area contributed by atoms with E-state index in [1.54, 1.807) is 0 Å². The van der Waals surface area contributed by atoms with E-state index < -0.39 is 91.5 Å². The van der Waals surface area contributed by atoms with Gasteiger partial charge in [-0.25, -0.2) is 9.13 Å². The topological polar surface area (TPSA) is 231 Å². The van der Waals surface area contributed by atoms with E-state index in [1.165, 1.54) is 263 Å². The van der Waals surface area contributed by atoms with Crippen LogP contribution in [0.4, 0.5) is 0 Å². The first kappa shape index (κ1) is 130. The molecule has 135 heavy (non-hydrogen) atoms. The average molecular weight is 1930 g/mol. The van der Waals surface area contributed by atoms with Crippen LogP contribution in [0.2, 0.25) is 0 Å². The van der Waals surface area contributed by atoms with E-state index in [2.05, 4.69) is 203 Å². The maximum absolute atomic E-state index is 13.2. The van der Waals surface area contributed by atoms with Crippen LogP contribution in [0.3, 0.4) is 0 Å². The lowest BCUT2D eigenvalue weighted by Crippen LogP contribution is -2.30. The van der Waals surface area contributed by atoms with Crippen molar-refractivity contribution in [1.82, 2.24) is 0 Å². The van der Waals surface area contributed by atoms with Crippen LogP contribution >= 0.6 is 15.6 Å². The summed E-state index contributed by atoms with van der Waals surface area (Å²) in [6.07, 6.45) is 144. The van der Waals surface area contributed by atoms with E-state index >= 15 is 0 Å². The maximum atomic E-state index is 13.2. The molecule has 0 aromatic carbocycles. The summed E-state index contributed by atoms with van der Waals surface area (Å²) in [6, 6.07) is 0. The zero-order chi connectivity index (χ0) is 97.8. The second kappa shape index (κ2) is 107. The fraction of sp³-hybridized carbons (Fsp3) is 0.718. The molecule has 0 spiro atoms. The molecule has 4 N–H and O–H groups in total. The van der Waals surface area contributed by atoms with Gasteiger partial charge in [-0.15, -0.1) is 0 Å². The highest BCUT2D eigenvalue weighted by molar-refractivity contribution is 7.47. The predicted octanol–water partition coefficient (Wildman–Crippen LogP) is 35.5. The smallest absolute Gasteiger partial charge is 0.463 e. The van der Waals surface area contributed by atoms with Gasteiger partial charge in [-0.2, -0.15) is 0 Å². The first-order valence-electron chi connectivity index (χ1n) is 55.1. The Morgan fingerprint density at radius 3 is 0.622 bits per heavy atom. The molecule has 0 fully saturated rings. The number of aliphatic hydroxyl groups is 2. The van der Waals surface area contributed by atoms with Gasteiger partial charge >= 0.3 is 33.6 Å². The van der Waals surface area contributed by atoms with Gasteiger partial charge in [0, 0.05) is 19.3 Å². The first-order chi connectivity index (χ1) is 66.2. The monoisotopic (exact) mass is 1930 g/mol. The minimum absolute atomic E-state index is 0.103. The molecule has 0 aliphatic rings. The molecule has 0 bridgehead atoms. The number of allylic oxidation sites excluding steroid dienone is 30. The molecule has 0 saturated heterocycles. The number of carbonyl (C=O) groups is 3. The molecule has 0 rings (SSSR count). The fourth-order valence-corrected chi connectivity index (χ4v) is 16.9. The van der Waals surface area contributed by atoms with Gasteiger partial charge in [0.15, 0.2) is 6.10 Å². The Hall–Kier alpha value is -5.35. The minimum atomic E-state index is -4.95. The molecule has 0 amide bonds. The van der Waals surface area contributed by atoms with Crippen LogP contribution in [0.5, 0.6) is 0 Å². The maximum Gasteiger partial charge on any atom is 0.472 e. The highest BCUT2D eigenvalue weighted by Crippen LogP contribution is 2.45. The summed E-state index contributed by atoms with van der Waals surface area (Å²) in [5, 5.41) is 20.8. The van der Waals surface area contributed by atoms with Crippen LogP contribution < -0.4 is 0 Å². The van der Waals surface area contributed by atoms with Gasteiger partial charge in [-0.05, 0) is 161 Å². The van der Waals surface area contributed by atoms with Crippen molar-refractivity contribution < 1.29 is 75.8 Å². The van der Waals surface area contributed by atoms with Gasteiger partial charge in [0.2, 0.25) is 0 Å². The Morgan fingerprint density at radius 2 is 0.393 bits per heavy atom. The average Bonchev–Trinajstić information content (AvgIpc) is 0.900. The molecule has 16 nitrogen and oxygen atoms in total. The number of aliphatic hydroxyl groups excluding tert-OH is 2. The van der Waals surface area contributed by atoms with Crippen molar-refractivity contribution in [3.63, 3.8) is 0 Å². The number of hydrogen-bond acceptors (Lipinski definition) is 14. The lowest BCUT2D eigenvalue weighted by Gasteiger charge is -2.21. The zero-order valence-corrected chi connectivity index (χ0v) is 88.1. The lowest BCUT2D eigenvalue weighted by molar-refractivity contribution is -0.161. The number of phosphoric ester groups is 2. The number of carbonyl (C=O) groups excluding carboxylic acids is 3. The fourth-order valence-electron chi connectivity index (χ4n) is 15.4. The summed E-state index contributed by atoms with van der Waals surface area (Å²) < 4.78 is 61.8. The van der Waals surface area contributed by atoms with Crippen LogP contribution in [-0.4, -0.2) is 95.9 Å². The van der Waals surface area contributed by atoms with Crippen LogP contribution in [0.15, 0.2) is 182 Å². The van der Waals surface area contributed by atoms with Gasteiger partial charge in [0.25, 0.3) is 0 Å². The minimum Gasteiger partial charge on any atom is -0.463 e. The Bertz CT molecular complexity index is 3190. The highest BCUT2D eigenvalue weighted by atomic mass is 31.2. The van der Waals surface area contributed by atoms with Gasteiger partial charge in [-0.1, -0.05) is 486 Å². The summed E-state index contributed by atoms with van der Waals surface area (Å²) >= 11 is 0. The Morgan fingerprint density at radius 1 is 0.215 bits per heavy atom. The Kier molecular flexibility index (Phi) is 103. The van der Waals surface area contributed by atoms with E-state index in [0.29, 0.717) is 19.3 Å². The molecule has 5 atom stereocenters. The molecule has 0 radical (unpaired) electrons. The molecule has 0 saturated carbocycles. The molecule has 5 unspecified atom stereocenters. The molecule has 0 heterocycles. The van der Waals surface area contributed by atoms with Crippen molar-refractivity contribution >= 4 is 33.6 Å². The van der Waals surface area contributed by atoms with Crippen LogP contribution in [-0.2, 0) is 55.8 Å². The molecule has 0 aromatic rings. The number of ether oxygens (including phenoxy) is 3. The van der Waals surface area contributed by atoms with Crippen molar-refractivity contribution in [2.24, 2.45) is 0 Å². The molecule has 0 aliphatic heterocycles. The largest absolute Gasteiger partial charge is 0.472 e. The summed E-state index contributed by atoms with van der Waals surface area (Å²) in [5.74, 6) is -1.55. The van der Waals surface area contributed by atoms with Gasteiger partial charge < -0.3 is 34.2 Å². The molecular formula is C117H202O16P2. The molecular weight excluding hydrogens is 1720 g/mol. The number of unbranched alkanes of at least 4 members (excludes halogenated alkanes) is 51. The Balaban J connectivity index is 4.59. The number of esters is 3. The van der Waals surface area contributed by atoms with E-state index in [9.17, 15) is 43.5 Å². The number of hydrogen-bond donors (Lipinski definition) is 4. The number of phosphoric acid groups is 2. The Labute approximate surface area is 827 Å². The summed E-state index contributed by atoms with van der Waals surface area (Å²) in [4.78, 5) is 59.4. The van der Waals surface area contributed by atoms with Crippen molar-refractivity contribution in [3.05, 3.63) is 182 Å². The quantitative estimate of drug-likeness (QED) is 0.0146. The van der Waals surface area contributed by atoms with E-state index in [1.807, 2.05) is 0 Å². The summed E-state index contributed by atoms with van der Waals surface area (Å²) in [6.45, 7) is 2.52. The van der Waals surface area contributed by atoms with E-state index in [0.717, 1.165) is 161 Å². The zero-order valence-electron chi connectivity index (χ0n) is 86.3. The second-order valence-corrected chi connectivity index (χ2v) is 39.6. The van der Waals surface area contributed by atoms with E-state index in [4.69, 9.17) is 32.3 Å². The van der Waals surface area contributed by atoms with Crippen molar-refractivity contribution in [2.75, 3.05) is 39.6 Å². The van der Waals surface area contributed by atoms with Gasteiger partial charge in [0.05, 0.1) is 26.4 Å². The predicted molar refractivity (Wildman–Crippen MR) is 574 cm³/mol. The third-order valence-electron chi connectivity index (χ3n) is 23.6. The van der Waals surface area contributed by atoms with Gasteiger partial charge in [-0.3, -0.25) is 32.5 Å². The standard InChI is InChI=1S/C117H202O16P2/c1-4-7-10-13-16-19-22-25-28-31-34-37-40-43-46-49-52-54-55-57-60-61-64-67-70-73-76-79-82-85-88-91-94-97-100-103-115(120)127-106-112(118)107-129-134(123,124)130-108-113(119)109-131-135(125,126)132-111-114(133-117(122)105-102-99-96-93-90-87-84-81-78-75-72-69-66-63-58-51-48-45-42-39-36-33-30-27-24-21-18-15-12-9-6-3)110-128-116(121)104-101-98-95-92-89-86-83-80-77-74-71-68-65-62-59-56-53-50-47-44-41-38-35-32-29-26-23-20-17-14-11-8-5-2/h7,9-10,12,16-21,25-30,34-39,43-48,52,54,112-114,118-119H,4-6,8,11,13-15,22-24,31-33,40-42,49-51,53,55-111H2,1-3H3,(H,123,124)(H,125,126)/b10-7-,12-9-,19-16-,20-17-,21-18-,28-25-,29-26-,30-27-,37-34-,38-35-,39-36-,46-43-,47-44-,48-45-,54-52-. The van der Waals surface area contributed by atoms with E-state index in [-0.39, 0.29) is 19.3 Å². The summed E-state index contributed by atoms with van der Waals surface area (Å²) in [7, 11) is -9.82. The molecule has 0 aliphatic carbocycles. The molecule has 18 heteroatoms. The third-order valence-corrected chi connectivity index (χ3v) is 25.5. The van der Waals surface area contributed by atoms with Crippen molar-refractivity contribution in [2.45, 2.75) is 501 Å². The lowest BCUT2D eigenvalue weighted by atomic mass is 10.0. The van der Waals surface area contributed by atoms with Crippen LogP contribution in [0, 0.1) is 0 Å². The highest BCUT2D eigenvalue weighted by Gasteiger charge is 2.30. The van der Waals surface area contributed by atoms with Crippen LogP contribution in [0.1, 0.15) is 483 Å². The molecule has 776 valence electrons. The normalized spacial score (nSPS) is 14.3. The number of rotatable bonds is 104. The van der Waals surface area contributed by atoms with Crippen LogP contribution in [0.25, 0.3) is 0 Å². The molecule has 0 aromatic heterocycles. The SMILES string of the molecule is CC/C=C\C/C=C\C/C=C\C/C=C\C/C=C\C/C=C\CCCCCCCCCCCCCCCCCCC(=O)OCC(O)COP(=O)(O)OCC(O)COP(=O)(O)OCC(COC(=O)CCCCCCCCCCCCCCCCCCC/C=C\C/C=C\C/C=C\C/C=C\CCCCC)OC(=O)CCCCCCCCCCCCCCCCC/C=C\C/C=C\C/C=C\C/C=C\C/C=C\CC. The second-order valence-electron chi connectivity index (χ2n) is 36.7. The first-order valence-corrected chi connectivity index (χ1v) is 58.1. The van der Waals surface area contributed by atoms with Crippen molar-refractivity contribution in [1.29, 1.82) is 0 Å².